The number of rotatable bonds is 5. The molecule has 0 saturated carbocycles. The first-order chi connectivity index (χ1) is 15.3. The number of hydrogen-bond acceptors (Lipinski definition) is 4. The van der Waals surface area contributed by atoms with Gasteiger partial charge in [0.25, 0.3) is 0 Å². The van der Waals surface area contributed by atoms with Gasteiger partial charge in [0, 0.05) is 27.2 Å². The van der Waals surface area contributed by atoms with Crippen molar-refractivity contribution in [2.24, 2.45) is 0 Å². The van der Waals surface area contributed by atoms with E-state index < -0.39 is 9.84 Å². The van der Waals surface area contributed by atoms with Gasteiger partial charge in [-0.1, -0.05) is 36.4 Å². The Morgan fingerprint density at radius 2 is 1.53 bits per heavy atom. The number of aryl methyl sites for hydroxylation is 1. The highest BCUT2D eigenvalue weighted by Gasteiger charge is 2.25. The third kappa shape index (κ3) is 4.59. The van der Waals surface area contributed by atoms with Crippen LogP contribution in [0.15, 0.2) is 70.5 Å². The lowest BCUT2D eigenvalue weighted by Gasteiger charge is -2.21. The lowest BCUT2D eigenvalue weighted by molar-refractivity contribution is 0.352. The summed E-state index contributed by atoms with van der Waals surface area (Å²) in [6.45, 7) is 4.04. The van der Waals surface area contributed by atoms with E-state index in [-0.39, 0.29) is 0 Å². The molecule has 0 unspecified atom stereocenters. The molecule has 1 aliphatic rings. The molecule has 0 aliphatic carbocycles. The maximum Gasteiger partial charge on any atom is 0.208 e. The van der Waals surface area contributed by atoms with E-state index >= 15 is 0 Å². The minimum absolute atomic E-state index is 0.347. The van der Waals surface area contributed by atoms with Crippen molar-refractivity contribution in [1.29, 1.82) is 0 Å². The van der Waals surface area contributed by atoms with Crippen molar-refractivity contribution in [2.75, 3.05) is 39.1 Å². The molecule has 1 heterocycles. The molecule has 0 bridgehead atoms. The standard InChI is InChI=1S/C27H32N2O2S/c1-20-7-5-6-8-22(20)17-21-9-11-25(12-10-21)32(30,31)27-19-24-14-16-29(4)15-13-23(24)18-26(27)28(2)3/h5-12,18-19H,13-17H2,1-4H3. The van der Waals surface area contributed by atoms with Gasteiger partial charge in [-0.3, -0.25) is 0 Å². The first-order valence-electron chi connectivity index (χ1n) is 11.2. The number of nitrogens with zero attached hydrogens (tertiary/aromatic N) is 2. The molecule has 5 heteroatoms. The van der Waals surface area contributed by atoms with Crippen LogP contribution in [0.3, 0.4) is 0 Å². The maximum atomic E-state index is 13.7. The van der Waals surface area contributed by atoms with E-state index in [1.165, 1.54) is 16.7 Å². The zero-order valence-electron chi connectivity index (χ0n) is 19.4. The molecular weight excluding hydrogens is 416 g/mol. The van der Waals surface area contributed by atoms with Crippen LogP contribution in [-0.2, 0) is 29.1 Å². The maximum absolute atomic E-state index is 13.7. The molecule has 168 valence electrons. The second-order valence-electron chi connectivity index (χ2n) is 9.04. The van der Waals surface area contributed by atoms with Crippen molar-refractivity contribution in [2.45, 2.75) is 36.0 Å². The lowest BCUT2D eigenvalue weighted by Crippen LogP contribution is -2.20. The fourth-order valence-electron chi connectivity index (χ4n) is 4.36. The summed E-state index contributed by atoms with van der Waals surface area (Å²) >= 11 is 0. The van der Waals surface area contributed by atoms with Gasteiger partial charge in [-0.25, -0.2) is 8.42 Å². The number of anilines is 1. The minimum Gasteiger partial charge on any atom is -0.377 e. The van der Waals surface area contributed by atoms with Crippen LogP contribution in [-0.4, -0.2) is 47.6 Å². The van der Waals surface area contributed by atoms with E-state index in [0.717, 1.165) is 49.2 Å². The Labute approximate surface area is 192 Å². The van der Waals surface area contributed by atoms with E-state index in [2.05, 4.69) is 37.1 Å². The molecule has 3 aromatic carbocycles. The Kier molecular flexibility index (Phi) is 6.40. The van der Waals surface area contributed by atoms with Crippen LogP contribution in [0, 0.1) is 6.92 Å². The Bertz CT molecular complexity index is 1210. The van der Waals surface area contributed by atoms with Crippen molar-refractivity contribution in [3.05, 3.63) is 88.5 Å². The van der Waals surface area contributed by atoms with Gasteiger partial charge in [0.1, 0.15) is 0 Å². The normalized spacial score (nSPS) is 14.6. The van der Waals surface area contributed by atoms with Crippen LogP contribution in [0.5, 0.6) is 0 Å². The van der Waals surface area contributed by atoms with Crippen LogP contribution < -0.4 is 4.90 Å². The largest absolute Gasteiger partial charge is 0.377 e. The van der Waals surface area contributed by atoms with Gasteiger partial charge >= 0.3 is 0 Å². The smallest absolute Gasteiger partial charge is 0.208 e. The van der Waals surface area contributed by atoms with Crippen molar-refractivity contribution in [3.63, 3.8) is 0 Å². The lowest BCUT2D eigenvalue weighted by atomic mass is 10.0. The SMILES string of the molecule is Cc1ccccc1Cc1ccc(S(=O)(=O)c2cc3c(cc2N(C)C)CCN(C)CC3)cc1. The second-order valence-corrected chi connectivity index (χ2v) is 11.0. The summed E-state index contributed by atoms with van der Waals surface area (Å²) in [5, 5.41) is 0. The molecule has 32 heavy (non-hydrogen) atoms. The molecule has 0 radical (unpaired) electrons. The quantitative estimate of drug-likeness (QED) is 0.576. The molecule has 0 spiro atoms. The van der Waals surface area contributed by atoms with E-state index in [4.69, 9.17) is 0 Å². The highest BCUT2D eigenvalue weighted by atomic mass is 32.2. The number of likely N-dealkylation sites (N-methyl/N-ethyl adjacent to an activating group) is 1. The third-order valence-corrected chi connectivity index (χ3v) is 8.27. The van der Waals surface area contributed by atoms with Crippen LogP contribution in [0.1, 0.15) is 27.8 Å². The zero-order valence-corrected chi connectivity index (χ0v) is 20.2. The van der Waals surface area contributed by atoms with Crippen molar-refractivity contribution < 1.29 is 8.42 Å². The highest BCUT2D eigenvalue weighted by molar-refractivity contribution is 7.91. The Morgan fingerprint density at radius 1 is 0.906 bits per heavy atom. The van der Waals surface area contributed by atoms with Gasteiger partial charge in [-0.05, 0) is 85.3 Å². The van der Waals surface area contributed by atoms with E-state index in [1.54, 1.807) is 12.1 Å². The number of sulfone groups is 1. The topological polar surface area (TPSA) is 40.6 Å². The summed E-state index contributed by atoms with van der Waals surface area (Å²) in [6.07, 6.45) is 2.61. The van der Waals surface area contributed by atoms with Gasteiger partial charge < -0.3 is 9.80 Å². The van der Waals surface area contributed by atoms with Gasteiger partial charge in [0.05, 0.1) is 15.5 Å². The molecule has 0 aromatic heterocycles. The minimum atomic E-state index is -3.63. The van der Waals surface area contributed by atoms with Crippen LogP contribution in [0.25, 0.3) is 0 Å². The fourth-order valence-corrected chi connectivity index (χ4v) is 5.92. The molecule has 1 aliphatic heterocycles. The fraction of sp³-hybridized carbons (Fsp3) is 0.333. The van der Waals surface area contributed by atoms with Gasteiger partial charge in [-0.2, -0.15) is 0 Å². The molecule has 0 atom stereocenters. The zero-order chi connectivity index (χ0) is 22.9. The average Bonchev–Trinajstić information content (AvgIpc) is 2.96. The first kappa shape index (κ1) is 22.6. The predicted molar refractivity (Wildman–Crippen MR) is 132 cm³/mol. The monoisotopic (exact) mass is 448 g/mol. The average molecular weight is 449 g/mol. The molecule has 0 saturated heterocycles. The second kappa shape index (κ2) is 9.08. The predicted octanol–water partition coefficient (Wildman–Crippen LogP) is 4.52. The molecule has 3 aromatic rings. The molecule has 0 N–H and O–H groups in total. The molecule has 4 nitrogen and oxygen atoms in total. The van der Waals surface area contributed by atoms with E-state index in [1.807, 2.05) is 49.3 Å². The van der Waals surface area contributed by atoms with Gasteiger partial charge in [-0.15, -0.1) is 0 Å². The number of benzene rings is 3. The van der Waals surface area contributed by atoms with E-state index in [0.29, 0.717) is 9.79 Å². The van der Waals surface area contributed by atoms with Gasteiger partial charge in [0.15, 0.2) is 0 Å². The van der Waals surface area contributed by atoms with Crippen molar-refractivity contribution in [1.82, 2.24) is 4.90 Å². The molecule has 4 rings (SSSR count). The van der Waals surface area contributed by atoms with E-state index in [9.17, 15) is 8.42 Å². The summed E-state index contributed by atoms with van der Waals surface area (Å²) in [6, 6.07) is 19.7. The van der Waals surface area contributed by atoms with Crippen molar-refractivity contribution >= 4 is 15.5 Å². The highest BCUT2D eigenvalue weighted by Crippen LogP contribution is 2.34. The van der Waals surface area contributed by atoms with Crippen molar-refractivity contribution in [3.8, 4) is 0 Å². The summed E-state index contributed by atoms with van der Waals surface area (Å²) in [7, 11) is 2.32. The number of hydrogen-bond donors (Lipinski definition) is 0. The van der Waals surface area contributed by atoms with Crippen LogP contribution in [0.2, 0.25) is 0 Å². The summed E-state index contributed by atoms with van der Waals surface area (Å²) < 4.78 is 27.4. The molecule has 0 amide bonds. The third-order valence-electron chi connectivity index (χ3n) is 6.47. The van der Waals surface area contributed by atoms with Crippen LogP contribution in [0.4, 0.5) is 5.69 Å². The summed E-state index contributed by atoms with van der Waals surface area (Å²) in [5.74, 6) is 0. The molecular formula is C27H32N2O2S. The van der Waals surface area contributed by atoms with Gasteiger partial charge in [0.2, 0.25) is 9.84 Å². The van der Waals surface area contributed by atoms with Crippen LogP contribution >= 0.6 is 0 Å². The summed E-state index contributed by atoms with van der Waals surface area (Å²) in [4.78, 5) is 4.96. The Balaban J connectivity index is 1.69. The first-order valence-corrected chi connectivity index (χ1v) is 12.6. The Morgan fingerprint density at radius 3 is 2.16 bits per heavy atom. The summed E-state index contributed by atoms with van der Waals surface area (Å²) in [5.41, 5.74) is 6.78. The Hall–Kier alpha value is -2.63. The number of fused-ring (bicyclic) bond motifs is 1. The molecule has 0 fully saturated rings.